The van der Waals surface area contributed by atoms with E-state index in [2.05, 4.69) is 9.85 Å². The second-order valence-electron chi connectivity index (χ2n) is 2.85. The zero-order valence-electron chi connectivity index (χ0n) is 8.90. The van der Waals surface area contributed by atoms with Crippen molar-refractivity contribution in [2.45, 2.75) is 6.92 Å². The molecular weight excluding hydrogens is 230 g/mol. The molecule has 8 nitrogen and oxygen atoms in total. The van der Waals surface area contributed by atoms with E-state index in [1.165, 1.54) is 12.1 Å². The second-order valence-corrected chi connectivity index (χ2v) is 2.85. The number of hydrogen-bond donors (Lipinski definition) is 0. The zero-order valence-corrected chi connectivity index (χ0v) is 8.90. The molecule has 0 fully saturated rings. The Hall–Kier alpha value is -2.51. The van der Waals surface area contributed by atoms with Crippen LogP contribution >= 0.6 is 0 Å². The number of azo groups is 1. The number of carbonyl (C=O) groups excluding carboxylic acids is 1. The molecule has 1 rings (SSSR count). The first-order valence-corrected chi connectivity index (χ1v) is 4.64. The van der Waals surface area contributed by atoms with Crippen LogP contribution in [-0.4, -0.2) is 22.5 Å². The maximum Gasteiger partial charge on any atom is 0.492 e. The maximum atomic E-state index is 11.3. The monoisotopic (exact) mass is 239 g/mol. The van der Waals surface area contributed by atoms with Crippen LogP contribution in [0.4, 0.5) is 16.2 Å². The van der Waals surface area contributed by atoms with E-state index in [4.69, 9.17) is 0 Å². The number of benzene rings is 1. The molecule has 0 saturated heterocycles. The van der Waals surface area contributed by atoms with Crippen molar-refractivity contribution in [1.29, 1.82) is 0 Å². The first kappa shape index (κ1) is 12.6. The third-order valence-corrected chi connectivity index (χ3v) is 1.72. The Bertz CT molecular complexity index is 454. The van der Waals surface area contributed by atoms with Gasteiger partial charge in [0, 0.05) is 24.3 Å². The Balaban J connectivity index is 2.86. The van der Waals surface area contributed by atoms with Crippen molar-refractivity contribution in [1.82, 2.24) is 0 Å². The van der Waals surface area contributed by atoms with Gasteiger partial charge in [0.1, 0.15) is 0 Å². The van der Waals surface area contributed by atoms with Crippen LogP contribution in [0, 0.1) is 15.3 Å². The van der Waals surface area contributed by atoms with E-state index in [9.17, 15) is 20.1 Å². The fourth-order valence-electron chi connectivity index (χ4n) is 0.986. The SMILES string of the molecule is CCOC(=O)/N=[N+](\[O-])c1ccc([N+](=O)[O-])cc1. The number of ether oxygens (including phenoxy) is 1. The standard InChI is InChI=1S/C9H9N3O5/c1-2-17-9(13)10-11(14)7-3-5-8(6-4-7)12(15)16/h3-6H,2H2,1H3/b11-10-. The summed E-state index contributed by atoms with van der Waals surface area (Å²) in [5, 5.41) is 24.7. The molecule has 0 aromatic heterocycles. The fraction of sp³-hybridized carbons (Fsp3) is 0.222. The summed E-state index contributed by atoms with van der Waals surface area (Å²) in [6.45, 7) is 1.69. The first-order valence-electron chi connectivity index (χ1n) is 4.64. The smallest absolute Gasteiger partial charge is 0.492 e. The molecule has 0 aliphatic rings. The van der Waals surface area contributed by atoms with Crippen molar-refractivity contribution in [3.8, 4) is 0 Å². The van der Waals surface area contributed by atoms with E-state index < -0.39 is 11.0 Å². The van der Waals surface area contributed by atoms with Gasteiger partial charge in [0.15, 0.2) is 0 Å². The summed E-state index contributed by atoms with van der Waals surface area (Å²) in [6, 6.07) is 4.66. The van der Waals surface area contributed by atoms with Crippen molar-refractivity contribution in [3.05, 3.63) is 39.6 Å². The third kappa shape index (κ3) is 3.52. The highest BCUT2D eigenvalue weighted by atomic mass is 16.6. The van der Waals surface area contributed by atoms with Gasteiger partial charge in [-0.2, -0.15) is 0 Å². The minimum absolute atomic E-state index is 0.00338. The molecule has 1 aromatic rings. The van der Waals surface area contributed by atoms with Crippen LogP contribution in [0.15, 0.2) is 29.4 Å². The summed E-state index contributed by atoms with van der Waals surface area (Å²) in [4.78, 5) is 20.7. The third-order valence-electron chi connectivity index (χ3n) is 1.72. The summed E-state index contributed by atoms with van der Waals surface area (Å²) in [5.74, 6) is 0. The molecular formula is C9H9N3O5. The minimum atomic E-state index is -1.01. The average molecular weight is 239 g/mol. The van der Waals surface area contributed by atoms with Gasteiger partial charge in [-0.3, -0.25) is 10.1 Å². The topological polar surface area (TPSA) is 108 Å². The van der Waals surface area contributed by atoms with Crippen LogP contribution < -0.4 is 0 Å². The molecule has 17 heavy (non-hydrogen) atoms. The van der Waals surface area contributed by atoms with Crippen molar-refractivity contribution >= 4 is 17.5 Å². The molecule has 1 aromatic carbocycles. The lowest BCUT2D eigenvalue weighted by molar-refractivity contribution is -0.436. The molecule has 90 valence electrons. The van der Waals surface area contributed by atoms with E-state index in [-0.39, 0.29) is 22.8 Å². The van der Waals surface area contributed by atoms with Gasteiger partial charge in [0.05, 0.1) is 16.6 Å². The highest BCUT2D eigenvalue weighted by molar-refractivity contribution is 5.66. The maximum absolute atomic E-state index is 11.3. The van der Waals surface area contributed by atoms with Gasteiger partial charge >= 0.3 is 6.09 Å². The lowest BCUT2D eigenvalue weighted by Crippen LogP contribution is -2.02. The van der Waals surface area contributed by atoms with Gasteiger partial charge in [-0.1, -0.05) is 0 Å². The highest BCUT2D eigenvalue weighted by Gasteiger charge is 2.11. The molecule has 0 N–H and O–H groups in total. The molecule has 1 amide bonds. The first-order chi connectivity index (χ1) is 8.04. The van der Waals surface area contributed by atoms with Crippen LogP contribution in [0.1, 0.15) is 6.92 Å². The number of nitro benzene ring substituents is 1. The number of non-ortho nitro benzene ring substituents is 1. The lowest BCUT2D eigenvalue weighted by Gasteiger charge is -1.98. The Kier molecular flexibility index (Phi) is 4.09. The van der Waals surface area contributed by atoms with E-state index >= 15 is 0 Å². The lowest BCUT2D eigenvalue weighted by atomic mass is 10.3. The Labute approximate surface area is 95.9 Å². The molecule has 0 saturated carbocycles. The van der Waals surface area contributed by atoms with Crippen molar-refractivity contribution in [2.75, 3.05) is 6.61 Å². The van der Waals surface area contributed by atoms with Gasteiger partial charge in [-0.25, -0.2) is 4.79 Å². The van der Waals surface area contributed by atoms with E-state index in [0.717, 1.165) is 12.1 Å². The number of nitro groups is 1. The quantitative estimate of drug-likeness (QED) is 0.348. The predicted molar refractivity (Wildman–Crippen MR) is 55.8 cm³/mol. The molecule has 0 radical (unpaired) electrons. The Morgan fingerprint density at radius 3 is 2.29 bits per heavy atom. The normalized spacial score (nSPS) is 11.0. The predicted octanol–water partition coefficient (Wildman–Crippen LogP) is 2.35. The second kappa shape index (κ2) is 5.54. The molecule has 0 heterocycles. The average Bonchev–Trinajstić information content (AvgIpc) is 2.29. The highest BCUT2D eigenvalue weighted by Crippen LogP contribution is 2.17. The van der Waals surface area contributed by atoms with Gasteiger partial charge in [-0.05, 0) is 11.8 Å². The van der Waals surface area contributed by atoms with Gasteiger partial charge in [0.25, 0.3) is 5.69 Å². The van der Waals surface area contributed by atoms with E-state index in [1.807, 2.05) is 0 Å². The largest absolute Gasteiger partial charge is 0.594 e. The van der Waals surface area contributed by atoms with Crippen molar-refractivity contribution < 1.29 is 19.3 Å². The van der Waals surface area contributed by atoms with Crippen LogP contribution in [0.5, 0.6) is 0 Å². The van der Waals surface area contributed by atoms with Crippen LogP contribution in [-0.2, 0) is 4.74 Å². The number of rotatable bonds is 3. The molecule has 0 unspecified atom stereocenters. The Morgan fingerprint density at radius 1 is 1.29 bits per heavy atom. The molecule has 8 heteroatoms. The number of amides is 1. The summed E-state index contributed by atoms with van der Waals surface area (Å²) in [5.41, 5.74) is -0.151. The zero-order chi connectivity index (χ0) is 12.8. The molecule has 0 bridgehead atoms. The fourth-order valence-corrected chi connectivity index (χ4v) is 0.986. The molecule has 0 spiro atoms. The summed E-state index contributed by atoms with van der Waals surface area (Å²) in [7, 11) is 0. The van der Waals surface area contributed by atoms with Gasteiger partial charge < -0.3 is 9.94 Å². The van der Waals surface area contributed by atoms with Crippen LogP contribution in [0.3, 0.4) is 0 Å². The number of hydrogen-bond acceptors (Lipinski definition) is 5. The van der Waals surface area contributed by atoms with Crippen LogP contribution in [0.25, 0.3) is 0 Å². The number of carbonyl (C=O) groups is 1. The summed E-state index contributed by atoms with van der Waals surface area (Å²) in [6.07, 6.45) is -1.01. The van der Waals surface area contributed by atoms with E-state index in [1.54, 1.807) is 6.92 Å². The van der Waals surface area contributed by atoms with Crippen molar-refractivity contribution in [2.24, 2.45) is 5.11 Å². The molecule has 0 aliphatic heterocycles. The number of nitrogens with zero attached hydrogens (tertiary/aromatic N) is 3. The van der Waals surface area contributed by atoms with E-state index in [0.29, 0.717) is 0 Å². The molecule has 0 aliphatic carbocycles. The Morgan fingerprint density at radius 2 is 1.82 bits per heavy atom. The van der Waals surface area contributed by atoms with Gasteiger partial charge in [0.2, 0.25) is 5.69 Å². The summed E-state index contributed by atoms with van der Waals surface area (Å²) >= 11 is 0. The van der Waals surface area contributed by atoms with Crippen molar-refractivity contribution in [3.63, 3.8) is 0 Å². The summed E-state index contributed by atoms with van der Waals surface area (Å²) < 4.78 is 4.44. The minimum Gasteiger partial charge on any atom is -0.594 e. The molecule has 0 atom stereocenters. The van der Waals surface area contributed by atoms with Crippen LogP contribution in [0.2, 0.25) is 0 Å². The van der Waals surface area contributed by atoms with Gasteiger partial charge in [-0.15, -0.1) is 0 Å².